The lowest BCUT2D eigenvalue weighted by molar-refractivity contribution is 0.0469. The minimum Gasteiger partial charge on any atom is -0.462 e. The summed E-state index contributed by atoms with van der Waals surface area (Å²) in [5.41, 5.74) is 10.2. The summed E-state index contributed by atoms with van der Waals surface area (Å²) in [4.78, 5) is 60.5. The van der Waals surface area contributed by atoms with Gasteiger partial charge in [0.2, 0.25) is 0 Å². The lowest BCUT2D eigenvalue weighted by atomic mass is 9.76. The van der Waals surface area contributed by atoms with Crippen LogP contribution in [0.3, 0.4) is 0 Å². The van der Waals surface area contributed by atoms with Crippen LogP contribution in [0.1, 0.15) is 218 Å². The molecule has 0 radical (unpaired) electrons. The van der Waals surface area contributed by atoms with Gasteiger partial charge in [-0.25, -0.2) is 19.2 Å². The van der Waals surface area contributed by atoms with E-state index in [0.29, 0.717) is 66.8 Å². The van der Waals surface area contributed by atoms with Crippen molar-refractivity contribution in [3.63, 3.8) is 0 Å². The molecule has 8 aromatic rings. The zero-order valence-electron chi connectivity index (χ0n) is 49.2. The van der Waals surface area contributed by atoms with E-state index in [4.69, 9.17) is 18.9 Å². The Morgan fingerprint density at radius 2 is 0.620 bits per heavy atom. The Kier molecular flexibility index (Phi) is 15.3. The Morgan fingerprint density at radius 3 is 0.911 bits per heavy atom. The number of esters is 4. The van der Waals surface area contributed by atoms with Gasteiger partial charge in [0.1, 0.15) is 6.61 Å². The molecule has 0 unspecified atom stereocenters. The summed E-state index contributed by atoms with van der Waals surface area (Å²) < 4.78 is 24.6. The Hall–Kier alpha value is -7.32. The minimum absolute atomic E-state index is 0.000532. The third-order valence-corrected chi connectivity index (χ3v) is 15.8. The molecule has 8 heteroatoms. The summed E-state index contributed by atoms with van der Waals surface area (Å²) in [5, 5.41) is 6.72. The van der Waals surface area contributed by atoms with Crippen LogP contribution in [0.25, 0.3) is 32.3 Å². The highest BCUT2D eigenvalue weighted by Gasteiger charge is 2.33. The number of hydrogen-bond acceptors (Lipinski definition) is 8. The first kappa shape index (κ1) is 56.4. The number of ether oxygens (including phenoxy) is 4. The molecule has 1 aliphatic carbocycles. The highest BCUT2D eigenvalue weighted by Crippen LogP contribution is 2.41. The molecule has 0 spiro atoms. The first-order chi connectivity index (χ1) is 37.2. The highest BCUT2D eigenvalue weighted by molar-refractivity contribution is 6.23. The third kappa shape index (κ3) is 11.3. The zero-order chi connectivity index (χ0) is 57.1. The molecule has 0 aliphatic heterocycles. The van der Waals surface area contributed by atoms with Crippen LogP contribution in [0.4, 0.5) is 0 Å². The molecule has 410 valence electrons. The molecule has 9 rings (SSSR count). The van der Waals surface area contributed by atoms with Crippen molar-refractivity contribution < 1.29 is 38.1 Å². The van der Waals surface area contributed by atoms with Gasteiger partial charge in [0.05, 0.1) is 42.1 Å². The quantitative estimate of drug-likeness (QED) is 0.0800. The number of rotatable bonds is 9. The summed E-state index contributed by atoms with van der Waals surface area (Å²) in [6.45, 7) is 31.6. The highest BCUT2D eigenvalue weighted by atomic mass is 16.5. The molecule has 0 saturated heterocycles. The summed E-state index contributed by atoms with van der Waals surface area (Å²) in [6.07, 6.45) is 0.660. The third-order valence-electron chi connectivity index (χ3n) is 15.8. The van der Waals surface area contributed by atoms with Gasteiger partial charge < -0.3 is 18.9 Å². The normalized spacial score (nSPS) is 13.2. The number of carbonyl (C=O) groups is 4. The minimum atomic E-state index is -0.518. The van der Waals surface area contributed by atoms with Gasteiger partial charge in [0, 0.05) is 0 Å². The van der Waals surface area contributed by atoms with Crippen LogP contribution < -0.4 is 0 Å². The fourth-order valence-corrected chi connectivity index (χ4v) is 11.5. The first-order valence-corrected chi connectivity index (χ1v) is 28.2. The number of carbonyl (C=O) groups excluding carboxylic acids is 4. The summed E-state index contributed by atoms with van der Waals surface area (Å²) in [7, 11) is 0. The second kappa shape index (κ2) is 21.4. The van der Waals surface area contributed by atoms with Crippen molar-refractivity contribution in [1.82, 2.24) is 0 Å². The van der Waals surface area contributed by atoms with Crippen LogP contribution in [0.5, 0.6) is 0 Å². The molecular formula is C71H78O8. The predicted molar refractivity (Wildman–Crippen MR) is 319 cm³/mol. The molecule has 0 heterocycles. The maximum Gasteiger partial charge on any atom is 0.339 e. The molecule has 0 atom stereocenters. The van der Waals surface area contributed by atoms with E-state index in [1.165, 1.54) is 5.39 Å². The van der Waals surface area contributed by atoms with Gasteiger partial charge in [-0.05, 0) is 173 Å². The molecule has 8 nitrogen and oxygen atoms in total. The Bertz CT molecular complexity index is 3560. The van der Waals surface area contributed by atoms with Crippen molar-refractivity contribution >= 4 is 56.2 Å². The summed E-state index contributed by atoms with van der Waals surface area (Å²) in [6, 6.07) is 35.7. The second-order valence-corrected chi connectivity index (χ2v) is 25.7. The maximum atomic E-state index is 15.8. The SMILES string of the molecule is CCOC(=O)c1c2cc(C(C)(C)C)cc1Cc1cc(C(C)(C)C)cc(c1C(=O)OCC)Cc1cc(C(C)(C)C)cc(c1C(=O)OCc1ccc3ccc4cccc5ccc1c3c45)Cc1cc(C(C)(C)C)cc(c1C(=O)OCC)C2. The number of benzene rings is 8. The predicted octanol–water partition coefficient (Wildman–Crippen LogP) is 16.3. The van der Waals surface area contributed by atoms with Crippen LogP contribution in [0.15, 0.2) is 103 Å². The molecule has 79 heavy (non-hydrogen) atoms. The fraction of sp³-hybridized carbons (Fsp3) is 0.380. The Morgan fingerprint density at radius 1 is 0.354 bits per heavy atom. The maximum absolute atomic E-state index is 15.8. The van der Waals surface area contributed by atoms with Gasteiger partial charge >= 0.3 is 23.9 Å². The smallest absolute Gasteiger partial charge is 0.339 e. The van der Waals surface area contributed by atoms with Crippen LogP contribution >= 0.6 is 0 Å². The number of fused-ring (bicyclic) bond motifs is 8. The molecule has 1 aliphatic rings. The van der Waals surface area contributed by atoms with Crippen molar-refractivity contribution in [1.29, 1.82) is 0 Å². The van der Waals surface area contributed by atoms with Crippen LogP contribution in [0, 0.1) is 0 Å². The lowest BCUT2D eigenvalue weighted by Crippen LogP contribution is -2.23. The molecule has 8 aromatic carbocycles. The lowest BCUT2D eigenvalue weighted by Gasteiger charge is -2.28. The van der Waals surface area contributed by atoms with Crippen molar-refractivity contribution in [2.45, 2.75) is 158 Å². The first-order valence-electron chi connectivity index (χ1n) is 28.2. The fourth-order valence-electron chi connectivity index (χ4n) is 11.5. The van der Waals surface area contributed by atoms with Gasteiger partial charge in [0.25, 0.3) is 0 Å². The molecule has 8 bridgehead atoms. The van der Waals surface area contributed by atoms with Gasteiger partial charge in [-0.3, -0.25) is 0 Å². The second-order valence-electron chi connectivity index (χ2n) is 25.7. The molecule has 0 saturated carbocycles. The van der Waals surface area contributed by atoms with Gasteiger partial charge in [-0.2, -0.15) is 0 Å². The topological polar surface area (TPSA) is 105 Å². The van der Waals surface area contributed by atoms with E-state index < -0.39 is 40.1 Å². The molecular weight excluding hydrogens is 981 g/mol. The number of hydrogen-bond donors (Lipinski definition) is 0. The van der Waals surface area contributed by atoms with Gasteiger partial charge in [-0.15, -0.1) is 0 Å². The average molecular weight is 1060 g/mol. The molecule has 0 fully saturated rings. The van der Waals surface area contributed by atoms with E-state index >= 15 is 4.79 Å². The largest absolute Gasteiger partial charge is 0.462 e. The molecule has 0 amide bonds. The Labute approximate surface area is 467 Å². The monoisotopic (exact) mass is 1060 g/mol. The summed E-state index contributed by atoms with van der Waals surface area (Å²) >= 11 is 0. The van der Waals surface area contributed by atoms with Crippen LogP contribution in [-0.4, -0.2) is 43.7 Å². The standard InChI is InChI=1S/C71H78O8/c1-16-76-64(72)59-45-28-47-34-54(69(7,8)9)36-49(60(47)65(73)77-17-2)30-51-38-56(71(13,14)15)39-52(62(51)67(75)79-40-44-25-24-43-23-22-41-20-19-21-42-26-27-57(44)63(43)58(41)42)31-50-37-55(70(10,11)12)35-48(61(50)66(74)78-18-3)29-46(59)33-53(32-45)68(4,5)6/h19-27,32-39H,16-18,28-31,40H2,1-15H3. The van der Waals surface area contributed by atoms with E-state index in [1.54, 1.807) is 20.8 Å². The average Bonchev–Trinajstić information content (AvgIpc) is 3.58. The van der Waals surface area contributed by atoms with Crippen molar-refractivity contribution in [2.24, 2.45) is 0 Å². The zero-order valence-corrected chi connectivity index (χ0v) is 49.2. The Balaban J connectivity index is 1.38. The van der Waals surface area contributed by atoms with E-state index in [0.717, 1.165) is 54.7 Å². The van der Waals surface area contributed by atoms with Crippen molar-refractivity contribution in [3.8, 4) is 0 Å². The van der Waals surface area contributed by atoms with Crippen molar-refractivity contribution in [3.05, 3.63) is 198 Å². The molecule has 0 N–H and O–H groups in total. The van der Waals surface area contributed by atoms with Gasteiger partial charge in [-0.1, -0.05) is 186 Å². The van der Waals surface area contributed by atoms with E-state index in [9.17, 15) is 14.4 Å². The van der Waals surface area contributed by atoms with E-state index in [1.807, 2.05) is 6.07 Å². The van der Waals surface area contributed by atoms with Crippen molar-refractivity contribution in [2.75, 3.05) is 19.8 Å². The van der Waals surface area contributed by atoms with Gasteiger partial charge in [0.15, 0.2) is 0 Å². The van der Waals surface area contributed by atoms with Crippen LogP contribution in [-0.2, 0) is 72.9 Å². The molecule has 0 aromatic heterocycles. The van der Waals surface area contributed by atoms with Crippen LogP contribution in [0.2, 0.25) is 0 Å². The summed E-state index contributed by atoms with van der Waals surface area (Å²) in [5.74, 6) is -1.99. The van der Waals surface area contributed by atoms with E-state index in [2.05, 4.69) is 180 Å². The van der Waals surface area contributed by atoms with E-state index in [-0.39, 0.29) is 57.5 Å².